The van der Waals surface area contributed by atoms with Gasteiger partial charge in [0, 0.05) is 0 Å². The summed E-state index contributed by atoms with van der Waals surface area (Å²) in [7, 11) is 1.74. The molecule has 0 saturated heterocycles. The lowest BCUT2D eigenvalue weighted by Gasteiger charge is -2.16. The molecule has 0 fully saturated rings. The van der Waals surface area contributed by atoms with E-state index in [0.717, 1.165) is 24.5 Å². The van der Waals surface area contributed by atoms with Crippen LogP contribution in [0.4, 0.5) is 11.4 Å². The van der Waals surface area contributed by atoms with Crippen LogP contribution in [0.3, 0.4) is 0 Å². The highest BCUT2D eigenvalue weighted by atomic mass is 16.5. The molecule has 0 aliphatic carbocycles. The molecule has 0 atom stereocenters. The summed E-state index contributed by atoms with van der Waals surface area (Å²) in [6.45, 7) is 8.65. The van der Waals surface area contributed by atoms with E-state index in [1.165, 1.54) is 35.2 Å². The maximum atomic E-state index is 5.56. The molecule has 1 aliphatic rings. The van der Waals surface area contributed by atoms with E-state index in [0.29, 0.717) is 0 Å². The van der Waals surface area contributed by atoms with Gasteiger partial charge in [-0.1, -0.05) is 29.8 Å². The second-order valence-electron chi connectivity index (χ2n) is 6.63. The number of ether oxygens (including phenoxy) is 1. The van der Waals surface area contributed by atoms with Gasteiger partial charge in [0.1, 0.15) is 5.69 Å². The first-order valence-electron chi connectivity index (χ1n) is 8.69. The first kappa shape index (κ1) is 16.6. The Morgan fingerprint density at radius 3 is 2.42 bits per heavy atom. The third-order valence-corrected chi connectivity index (χ3v) is 4.64. The number of hydrogen-bond donors (Lipinski definition) is 0. The Morgan fingerprint density at radius 2 is 1.71 bits per heavy atom. The smallest absolute Gasteiger partial charge is 0.244 e. The highest BCUT2D eigenvalue weighted by Gasteiger charge is 2.22. The molecule has 24 heavy (non-hydrogen) atoms. The molecule has 3 heteroatoms. The van der Waals surface area contributed by atoms with Crippen LogP contribution in [0.5, 0.6) is 5.75 Å². The van der Waals surface area contributed by atoms with Gasteiger partial charge in [-0.15, -0.1) is 0 Å². The lowest BCUT2D eigenvalue weighted by Crippen LogP contribution is -2.26. The first-order valence-corrected chi connectivity index (χ1v) is 8.69. The first-order chi connectivity index (χ1) is 11.6. The summed E-state index contributed by atoms with van der Waals surface area (Å²) in [5.41, 5.74) is 6.47. The van der Waals surface area contributed by atoms with Crippen LogP contribution in [-0.2, 0) is 0 Å². The molecule has 0 amide bonds. The van der Waals surface area contributed by atoms with Crippen molar-refractivity contribution < 1.29 is 9.31 Å². The van der Waals surface area contributed by atoms with Crippen molar-refractivity contribution in [1.29, 1.82) is 0 Å². The Labute approximate surface area is 145 Å². The zero-order valence-electron chi connectivity index (χ0n) is 15.2. The Kier molecular flexibility index (Phi) is 4.89. The van der Waals surface area contributed by atoms with Gasteiger partial charge in [-0.05, 0) is 56.9 Å². The van der Waals surface area contributed by atoms with Gasteiger partial charge in [0.05, 0.1) is 20.2 Å². The molecule has 1 aliphatic heterocycles. The minimum absolute atomic E-state index is 0.924. The van der Waals surface area contributed by atoms with Gasteiger partial charge in [-0.3, -0.25) is 0 Å². The zero-order chi connectivity index (χ0) is 17.1. The predicted octanol–water partition coefficient (Wildman–Crippen LogP) is 4.59. The van der Waals surface area contributed by atoms with Crippen molar-refractivity contribution in [2.75, 3.05) is 25.1 Å². The zero-order valence-corrected chi connectivity index (χ0v) is 15.2. The third kappa shape index (κ3) is 3.30. The van der Waals surface area contributed by atoms with Gasteiger partial charge < -0.3 is 4.74 Å². The number of para-hydroxylation sites is 2. The molecule has 1 heterocycles. The number of anilines is 1. The van der Waals surface area contributed by atoms with Gasteiger partial charge in [-0.25, -0.2) is 9.48 Å². The number of aryl methyl sites for hydroxylation is 3. The predicted molar refractivity (Wildman–Crippen MR) is 101 cm³/mol. The summed E-state index contributed by atoms with van der Waals surface area (Å²) in [6, 6.07) is 12.8. The van der Waals surface area contributed by atoms with Crippen molar-refractivity contribution in [3.63, 3.8) is 0 Å². The Balaban J connectivity index is 2.06. The molecule has 0 spiro atoms. The Bertz CT molecular complexity index is 741. The minimum atomic E-state index is 0.924. The normalized spacial score (nSPS) is 15.0. The maximum absolute atomic E-state index is 5.56. The Morgan fingerprint density at radius 1 is 1.00 bits per heavy atom. The van der Waals surface area contributed by atoms with Crippen LogP contribution in [0.25, 0.3) is 0 Å². The molecule has 0 radical (unpaired) electrons. The van der Waals surface area contributed by atoms with E-state index in [4.69, 9.17) is 4.74 Å². The minimum Gasteiger partial charge on any atom is -0.492 e. The number of rotatable bonds is 3. The lowest BCUT2D eigenvalue weighted by molar-refractivity contribution is -0.437. The fourth-order valence-electron chi connectivity index (χ4n) is 3.69. The molecule has 2 aromatic carbocycles. The summed E-state index contributed by atoms with van der Waals surface area (Å²) in [6.07, 6.45) is 4.62. The summed E-state index contributed by atoms with van der Waals surface area (Å²) in [5, 5.41) is 0. The summed E-state index contributed by atoms with van der Waals surface area (Å²) in [5.74, 6) is 0.924. The lowest BCUT2D eigenvalue weighted by atomic mass is 10.0. The summed E-state index contributed by atoms with van der Waals surface area (Å²) < 4.78 is 7.97. The van der Waals surface area contributed by atoms with Crippen molar-refractivity contribution in [1.82, 2.24) is 0 Å². The van der Waals surface area contributed by atoms with Crippen LogP contribution in [0.15, 0.2) is 36.4 Å². The molecule has 126 valence electrons. The molecule has 0 N–H and O–H groups in total. The summed E-state index contributed by atoms with van der Waals surface area (Å²) >= 11 is 0. The molecule has 0 bridgehead atoms. The number of benzene rings is 2. The van der Waals surface area contributed by atoms with Gasteiger partial charge in [0.2, 0.25) is 6.34 Å². The molecule has 3 rings (SSSR count). The molecular weight excluding hydrogens is 296 g/mol. The average molecular weight is 323 g/mol. The van der Waals surface area contributed by atoms with Crippen LogP contribution in [-0.4, -0.2) is 31.1 Å². The third-order valence-electron chi connectivity index (χ3n) is 4.64. The highest BCUT2D eigenvalue weighted by Crippen LogP contribution is 2.30. The fourth-order valence-corrected chi connectivity index (χ4v) is 3.69. The van der Waals surface area contributed by atoms with Crippen LogP contribution in [0.2, 0.25) is 0 Å². The van der Waals surface area contributed by atoms with Crippen LogP contribution >= 0.6 is 0 Å². The quantitative estimate of drug-likeness (QED) is 0.768. The van der Waals surface area contributed by atoms with E-state index in [9.17, 15) is 0 Å². The number of methoxy groups -OCH3 is 1. The van der Waals surface area contributed by atoms with E-state index in [2.05, 4.69) is 60.9 Å². The molecule has 3 nitrogen and oxygen atoms in total. The van der Waals surface area contributed by atoms with E-state index in [1.54, 1.807) is 7.11 Å². The standard InChI is InChI=1S/C21H27N2O/c1-16-13-17(2)21(18(3)14-16)23-12-8-7-11-22(15-23)19-9-5-6-10-20(19)24-4/h5-6,9-10,13-15H,7-8,11-12H2,1-4H3/q+1. The van der Waals surface area contributed by atoms with Gasteiger partial charge in [-0.2, -0.15) is 0 Å². The second kappa shape index (κ2) is 7.08. The molecule has 0 saturated carbocycles. The monoisotopic (exact) mass is 323 g/mol. The molecule has 2 aromatic rings. The van der Waals surface area contributed by atoms with Crippen molar-refractivity contribution >= 4 is 17.7 Å². The molecular formula is C21H27N2O+. The van der Waals surface area contributed by atoms with Gasteiger partial charge >= 0.3 is 0 Å². The largest absolute Gasteiger partial charge is 0.492 e. The number of nitrogens with zero attached hydrogens (tertiary/aromatic N) is 2. The fraction of sp³-hybridized carbons (Fsp3) is 0.381. The van der Waals surface area contributed by atoms with Gasteiger partial charge in [0.15, 0.2) is 11.4 Å². The average Bonchev–Trinajstić information content (AvgIpc) is 2.80. The Hall–Kier alpha value is -2.29. The maximum Gasteiger partial charge on any atom is 0.244 e. The van der Waals surface area contributed by atoms with Crippen LogP contribution < -0.4 is 9.64 Å². The van der Waals surface area contributed by atoms with Crippen molar-refractivity contribution in [3.05, 3.63) is 53.1 Å². The summed E-state index contributed by atoms with van der Waals surface area (Å²) in [4.78, 5) is 2.32. The number of hydrogen-bond acceptors (Lipinski definition) is 2. The van der Waals surface area contributed by atoms with Crippen molar-refractivity contribution in [2.45, 2.75) is 33.6 Å². The van der Waals surface area contributed by atoms with E-state index in [1.807, 2.05) is 12.1 Å². The van der Waals surface area contributed by atoms with Crippen LogP contribution in [0, 0.1) is 20.8 Å². The van der Waals surface area contributed by atoms with Crippen molar-refractivity contribution in [2.24, 2.45) is 0 Å². The molecule has 0 unspecified atom stereocenters. The van der Waals surface area contributed by atoms with E-state index in [-0.39, 0.29) is 0 Å². The second-order valence-corrected chi connectivity index (χ2v) is 6.63. The van der Waals surface area contributed by atoms with Crippen molar-refractivity contribution in [3.8, 4) is 5.75 Å². The van der Waals surface area contributed by atoms with E-state index < -0.39 is 0 Å². The van der Waals surface area contributed by atoms with E-state index >= 15 is 0 Å². The van der Waals surface area contributed by atoms with Gasteiger partial charge in [0.25, 0.3) is 0 Å². The van der Waals surface area contributed by atoms with Crippen LogP contribution in [0.1, 0.15) is 29.5 Å². The highest BCUT2D eigenvalue weighted by molar-refractivity contribution is 5.80. The SMILES string of the molecule is COc1ccccc1N1C=[N+](c2c(C)cc(C)cc2C)CCCC1. The topological polar surface area (TPSA) is 15.5 Å². The molecule has 0 aromatic heterocycles.